The predicted octanol–water partition coefficient (Wildman–Crippen LogP) is -0.135. The van der Waals surface area contributed by atoms with Crippen molar-refractivity contribution in [2.45, 2.75) is 109 Å². The highest BCUT2D eigenvalue weighted by Gasteiger charge is 2.37. The molecule has 1 heterocycles. The molecule has 6 atom stereocenters. The third-order valence-electron chi connectivity index (χ3n) is 12.1. The summed E-state index contributed by atoms with van der Waals surface area (Å²) in [4.78, 5) is 141. The van der Waals surface area contributed by atoms with Crippen molar-refractivity contribution in [3.8, 4) is 11.1 Å². The number of hydrogen-bond acceptors (Lipinski definition) is 12. The molecule has 2 aromatic carbocycles. The number of likely N-dealkylation sites (tertiary alicyclic amines) is 1. The number of carboxylic acid groups (broad SMARTS) is 2. The summed E-state index contributed by atoms with van der Waals surface area (Å²) in [5.74, 6) is -9.38. The van der Waals surface area contributed by atoms with E-state index in [1.807, 2.05) is 67.7 Å². The summed E-state index contributed by atoms with van der Waals surface area (Å²) in [6, 6.07) is 9.88. The molecule has 0 saturated carbocycles. The highest BCUT2D eigenvalue weighted by Crippen LogP contribution is 2.44. The van der Waals surface area contributed by atoms with Crippen LogP contribution in [0.15, 0.2) is 48.5 Å². The van der Waals surface area contributed by atoms with Crippen molar-refractivity contribution in [2.75, 3.05) is 39.3 Å². The molecule has 0 spiro atoms. The summed E-state index contributed by atoms with van der Waals surface area (Å²) in [5, 5.41) is 37.1. The van der Waals surface area contributed by atoms with Gasteiger partial charge in [0.15, 0.2) is 0 Å². The molecule has 23 nitrogen and oxygen atoms in total. The minimum absolute atomic E-state index is 0.0533. The number of fused-ring (bicyclic) bond motifs is 3. The Morgan fingerprint density at radius 1 is 0.662 bits per heavy atom. The average molecular weight is 992 g/mol. The van der Waals surface area contributed by atoms with Gasteiger partial charge in [-0.05, 0) is 66.7 Å². The number of carboxylic acids is 2. The lowest BCUT2D eigenvalue weighted by Gasteiger charge is -2.27. The first-order chi connectivity index (χ1) is 33.7. The normalized spacial score (nSPS) is 15.8. The standard InChI is InChI=1S/C48H65N9O14/c1-6-27(4)42(47(69)53-28(5)43(65)49-21-37(58)54-34(17-18-40(61)62)44(66)51-24-41(63)64)56-38(59)22-50-45(67)35(20-26(2)3)55-46(68)36-16-11-19-57(36)39(60)23-52-48(70)71-25-33-31-14-9-7-12-29(31)30-13-8-10-15-32(30)33/h7-10,12-15,26-28,33-36,42H,6,11,16-25H2,1-5H3,(H,49,65)(H,50,67)(H,51,66)(H,52,70)(H,53,69)(H,54,58)(H,55,68)(H,56,59)(H,61,62)(H,63,64)/t27-,28-,34-,35-,36-,42-/m0/s1. The van der Waals surface area contributed by atoms with Crippen molar-refractivity contribution in [3.05, 3.63) is 59.7 Å². The first-order valence-electron chi connectivity index (χ1n) is 23.5. The van der Waals surface area contributed by atoms with E-state index >= 15 is 0 Å². The second-order valence-electron chi connectivity index (χ2n) is 17.9. The Morgan fingerprint density at radius 3 is 1.83 bits per heavy atom. The number of hydrogen-bond donors (Lipinski definition) is 10. The molecular formula is C48H65N9O14. The van der Waals surface area contributed by atoms with Gasteiger partial charge in [0.05, 0.1) is 13.1 Å². The van der Waals surface area contributed by atoms with Crippen molar-refractivity contribution in [3.63, 3.8) is 0 Å². The van der Waals surface area contributed by atoms with Crippen molar-refractivity contribution in [1.29, 1.82) is 0 Å². The number of carbonyl (C=O) groups excluding carboxylic acids is 9. The zero-order valence-corrected chi connectivity index (χ0v) is 40.5. The predicted molar refractivity (Wildman–Crippen MR) is 254 cm³/mol. The lowest BCUT2D eigenvalue weighted by atomic mass is 9.98. The Bertz CT molecular complexity index is 2260. The molecule has 10 N–H and O–H groups in total. The van der Waals surface area contributed by atoms with Gasteiger partial charge in [-0.15, -0.1) is 0 Å². The van der Waals surface area contributed by atoms with Crippen LogP contribution in [-0.4, -0.2) is 150 Å². The fourth-order valence-electron chi connectivity index (χ4n) is 8.18. The van der Waals surface area contributed by atoms with Gasteiger partial charge in [-0.1, -0.05) is 82.6 Å². The van der Waals surface area contributed by atoms with Gasteiger partial charge in [0.2, 0.25) is 47.3 Å². The molecule has 9 amide bonds. The summed E-state index contributed by atoms with van der Waals surface area (Å²) >= 11 is 0. The van der Waals surface area contributed by atoms with Gasteiger partial charge in [-0.2, -0.15) is 0 Å². The molecule has 0 bridgehead atoms. The van der Waals surface area contributed by atoms with Crippen LogP contribution in [0, 0.1) is 11.8 Å². The third kappa shape index (κ3) is 16.8. The topological polar surface area (TPSA) is 337 Å². The second kappa shape index (κ2) is 27.0. The minimum Gasteiger partial charge on any atom is -0.481 e. The van der Waals surface area contributed by atoms with E-state index in [0.29, 0.717) is 19.3 Å². The van der Waals surface area contributed by atoms with Gasteiger partial charge in [0.25, 0.3) is 0 Å². The summed E-state index contributed by atoms with van der Waals surface area (Å²) < 4.78 is 5.56. The molecule has 0 radical (unpaired) electrons. The van der Waals surface area contributed by atoms with Gasteiger partial charge in [0.1, 0.15) is 49.9 Å². The SMILES string of the molecule is CC[C@H](C)[C@H](NC(=O)CNC(=O)[C@H](CC(C)C)NC(=O)[C@@H]1CCCN1C(=O)CNC(=O)OCC1c2ccccc2-c2ccccc21)C(=O)N[C@@H](C)C(=O)NCC(=O)N[C@@H](CCC(=O)O)C(=O)NCC(=O)O. The fraction of sp³-hybridized carbons (Fsp3) is 0.521. The van der Waals surface area contributed by atoms with Crippen LogP contribution in [0.3, 0.4) is 0 Å². The summed E-state index contributed by atoms with van der Waals surface area (Å²) in [5.41, 5.74) is 4.21. The highest BCUT2D eigenvalue weighted by molar-refractivity contribution is 5.97. The molecule has 4 rings (SSSR count). The van der Waals surface area contributed by atoms with E-state index in [1.54, 1.807) is 13.8 Å². The second-order valence-corrected chi connectivity index (χ2v) is 17.9. The van der Waals surface area contributed by atoms with Gasteiger partial charge in [0, 0.05) is 18.9 Å². The average Bonchev–Trinajstić information content (AvgIpc) is 3.96. The highest BCUT2D eigenvalue weighted by atomic mass is 16.5. The number of benzene rings is 2. The number of alkyl carbamates (subject to hydrolysis) is 1. The lowest BCUT2D eigenvalue weighted by molar-refractivity contribution is -0.140. The maximum absolute atomic E-state index is 13.7. The molecule has 71 heavy (non-hydrogen) atoms. The molecule has 386 valence electrons. The molecule has 1 aliphatic carbocycles. The van der Waals surface area contributed by atoms with Gasteiger partial charge in [-0.25, -0.2) is 4.79 Å². The Hall–Kier alpha value is -7.59. The number of amides is 9. The molecule has 23 heteroatoms. The van der Waals surface area contributed by atoms with E-state index in [9.17, 15) is 52.7 Å². The molecule has 0 unspecified atom stereocenters. The van der Waals surface area contributed by atoms with Crippen LogP contribution >= 0.6 is 0 Å². The van der Waals surface area contributed by atoms with E-state index < -0.39 is 134 Å². The number of nitrogens with zero attached hydrogens (tertiary/aromatic N) is 1. The Labute approximate surface area is 410 Å². The molecular weight excluding hydrogens is 927 g/mol. The number of ether oxygens (including phenoxy) is 1. The van der Waals surface area contributed by atoms with Gasteiger partial charge in [-0.3, -0.25) is 47.9 Å². The van der Waals surface area contributed by atoms with Crippen molar-refractivity contribution < 1.29 is 67.7 Å². The van der Waals surface area contributed by atoms with Crippen molar-refractivity contribution in [1.82, 2.24) is 47.4 Å². The summed E-state index contributed by atoms with van der Waals surface area (Å²) in [6.07, 6.45) is -0.295. The number of aliphatic carboxylic acids is 2. The monoisotopic (exact) mass is 991 g/mol. The van der Waals surface area contributed by atoms with Crippen LogP contribution in [0.1, 0.15) is 90.2 Å². The quantitative estimate of drug-likeness (QED) is 0.0587. The zero-order valence-electron chi connectivity index (χ0n) is 40.5. The van der Waals surface area contributed by atoms with Crippen LogP contribution in [0.2, 0.25) is 0 Å². The van der Waals surface area contributed by atoms with E-state index in [4.69, 9.17) is 14.9 Å². The van der Waals surface area contributed by atoms with Crippen LogP contribution in [-0.2, 0) is 52.7 Å². The molecule has 0 aromatic heterocycles. The number of rotatable bonds is 26. The van der Waals surface area contributed by atoms with E-state index in [2.05, 4.69) is 37.2 Å². The van der Waals surface area contributed by atoms with Crippen molar-refractivity contribution in [2.24, 2.45) is 11.8 Å². The molecule has 2 aliphatic rings. The van der Waals surface area contributed by atoms with Crippen LogP contribution in [0.4, 0.5) is 4.79 Å². The van der Waals surface area contributed by atoms with Crippen molar-refractivity contribution >= 4 is 65.3 Å². The van der Waals surface area contributed by atoms with Crippen LogP contribution < -0.4 is 42.5 Å². The fourth-order valence-corrected chi connectivity index (χ4v) is 8.18. The van der Waals surface area contributed by atoms with Gasteiger partial charge >= 0.3 is 18.0 Å². The molecule has 2 aromatic rings. The molecule has 1 saturated heterocycles. The summed E-state index contributed by atoms with van der Waals surface area (Å²) in [7, 11) is 0. The largest absolute Gasteiger partial charge is 0.481 e. The number of carbonyl (C=O) groups is 11. The maximum Gasteiger partial charge on any atom is 0.407 e. The van der Waals surface area contributed by atoms with Crippen LogP contribution in [0.5, 0.6) is 0 Å². The Morgan fingerprint density at radius 2 is 1.24 bits per heavy atom. The summed E-state index contributed by atoms with van der Waals surface area (Å²) in [6.45, 7) is 6.22. The zero-order chi connectivity index (χ0) is 52.4. The van der Waals surface area contributed by atoms with E-state index in [0.717, 1.165) is 22.3 Å². The Kier molecular flexibility index (Phi) is 21.3. The maximum atomic E-state index is 13.7. The van der Waals surface area contributed by atoms with Gasteiger partial charge < -0.3 is 62.4 Å². The molecule has 1 aliphatic heterocycles. The van der Waals surface area contributed by atoms with Crippen LogP contribution in [0.25, 0.3) is 11.1 Å². The van der Waals surface area contributed by atoms with E-state index in [-0.39, 0.29) is 37.8 Å². The smallest absolute Gasteiger partial charge is 0.407 e. The number of nitrogens with one attached hydrogen (secondary N) is 8. The lowest BCUT2D eigenvalue weighted by Crippen LogP contribution is -2.57. The Balaban J connectivity index is 1.25. The third-order valence-corrected chi connectivity index (χ3v) is 12.1. The molecule has 1 fully saturated rings. The first-order valence-corrected chi connectivity index (χ1v) is 23.5. The first kappa shape index (κ1) is 56.0. The van der Waals surface area contributed by atoms with E-state index in [1.165, 1.54) is 11.8 Å². The minimum atomic E-state index is -1.42.